The molecule has 0 unspecified atom stereocenters. The number of anilines is 2. The van der Waals surface area contributed by atoms with Gasteiger partial charge in [0.1, 0.15) is 18.0 Å². The van der Waals surface area contributed by atoms with E-state index in [-0.39, 0.29) is 12.5 Å². The molecular weight excluding hydrogens is 356 g/mol. The number of hydrogen-bond acceptors (Lipinski definition) is 5. The lowest BCUT2D eigenvalue weighted by atomic mass is 10.1. The van der Waals surface area contributed by atoms with Crippen molar-refractivity contribution in [2.24, 2.45) is 0 Å². The van der Waals surface area contributed by atoms with Crippen molar-refractivity contribution in [3.63, 3.8) is 0 Å². The normalized spacial score (nSPS) is 10.4. The van der Waals surface area contributed by atoms with Gasteiger partial charge < -0.3 is 19.7 Å². The van der Waals surface area contributed by atoms with Crippen LogP contribution in [-0.4, -0.2) is 44.0 Å². The predicted octanol–water partition coefficient (Wildman–Crippen LogP) is 3.27. The highest BCUT2D eigenvalue weighted by Crippen LogP contribution is 2.30. The second kappa shape index (κ2) is 8.47. The van der Waals surface area contributed by atoms with E-state index in [9.17, 15) is 4.79 Å². The van der Waals surface area contributed by atoms with E-state index in [0.29, 0.717) is 11.4 Å². The monoisotopic (exact) mass is 380 g/mol. The van der Waals surface area contributed by atoms with Gasteiger partial charge >= 0.3 is 0 Å². The van der Waals surface area contributed by atoms with Crippen molar-refractivity contribution in [3.8, 4) is 22.6 Å². The molecule has 0 atom stereocenters. The van der Waals surface area contributed by atoms with Crippen LogP contribution in [0.3, 0.4) is 0 Å². The zero-order valence-electron chi connectivity index (χ0n) is 16.5. The molecule has 3 rings (SSSR count). The highest BCUT2D eigenvalue weighted by Gasteiger charge is 2.15. The maximum atomic E-state index is 12.4. The maximum Gasteiger partial charge on any atom is 0.246 e. The Bertz CT molecular complexity index is 949. The van der Waals surface area contributed by atoms with E-state index < -0.39 is 0 Å². The molecule has 0 radical (unpaired) electrons. The van der Waals surface area contributed by atoms with Crippen LogP contribution in [0, 0.1) is 0 Å². The van der Waals surface area contributed by atoms with Crippen LogP contribution in [-0.2, 0) is 11.3 Å². The summed E-state index contributed by atoms with van der Waals surface area (Å²) in [6.07, 6.45) is 1.88. The summed E-state index contributed by atoms with van der Waals surface area (Å²) in [5.74, 6) is 2.11. The van der Waals surface area contributed by atoms with Gasteiger partial charge in [-0.1, -0.05) is 18.2 Å². The summed E-state index contributed by atoms with van der Waals surface area (Å²) in [6, 6.07) is 15.0. The largest absolute Gasteiger partial charge is 0.497 e. The topological polar surface area (TPSA) is 68.6 Å². The fourth-order valence-electron chi connectivity index (χ4n) is 2.85. The predicted molar refractivity (Wildman–Crippen MR) is 110 cm³/mol. The molecule has 7 nitrogen and oxygen atoms in total. The summed E-state index contributed by atoms with van der Waals surface area (Å²) < 4.78 is 12.0. The zero-order valence-corrected chi connectivity index (χ0v) is 16.5. The lowest BCUT2D eigenvalue weighted by molar-refractivity contribution is -0.116. The second-order valence-electron chi connectivity index (χ2n) is 6.47. The van der Waals surface area contributed by atoms with Gasteiger partial charge in [-0.05, 0) is 29.8 Å². The van der Waals surface area contributed by atoms with Crippen molar-refractivity contribution in [1.29, 1.82) is 0 Å². The maximum absolute atomic E-state index is 12.4. The number of nitrogens with one attached hydrogen (secondary N) is 1. The molecule has 0 aliphatic heterocycles. The Morgan fingerprint density at radius 1 is 1.07 bits per heavy atom. The first-order valence-corrected chi connectivity index (χ1v) is 8.83. The van der Waals surface area contributed by atoms with Gasteiger partial charge in [0.15, 0.2) is 5.82 Å². The van der Waals surface area contributed by atoms with Gasteiger partial charge in [-0.2, -0.15) is 5.10 Å². The van der Waals surface area contributed by atoms with Crippen LogP contribution in [0.1, 0.15) is 0 Å². The summed E-state index contributed by atoms with van der Waals surface area (Å²) in [7, 11) is 7.08. The number of rotatable bonds is 7. The minimum Gasteiger partial charge on any atom is -0.497 e. The molecule has 0 bridgehead atoms. The first-order valence-electron chi connectivity index (χ1n) is 8.83. The van der Waals surface area contributed by atoms with Crippen LogP contribution in [0.2, 0.25) is 0 Å². The van der Waals surface area contributed by atoms with Gasteiger partial charge in [0.05, 0.1) is 14.2 Å². The minimum atomic E-state index is -0.164. The van der Waals surface area contributed by atoms with Crippen molar-refractivity contribution < 1.29 is 14.3 Å². The lowest BCUT2D eigenvalue weighted by Gasteiger charge is -2.11. The van der Waals surface area contributed by atoms with Gasteiger partial charge in [-0.3, -0.25) is 9.48 Å². The summed E-state index contributed by atoms with van der Waals surface area (Å²) in [6.45, 7) is 0.105. The average molecular weight is 380 g/mol. The fraction of sp³-hybridized carbons (Fsp3) is 0.238. The van der Waals surface area contributed by atoms with Gasteiger partial charge in [-0.25, -0.2) is 0 Å². The Kier molecular flexibility index (Phi) is 5.84. The Hall–Kier alpha value is -3.48. The summed E-state index contributed by atoms with van der Waals surface area (Å²) in [5.41, 5.74) is 2.63. The van der Waals surface area contributed by atoms with Gasteiger partial charge in [-0.15, -0.1) is 0 Å². The molecule has 1 aromatic heterocycles. The molecule has 1 heterocycles. The van der Waals surface area contributed by atoms with Crippen LogP contribution in [0.4, 0.5) is 11.5 Å². The van der Waals surface area contributed by atoms with E-state index in [1.807, 2.05) is 67.7 Å². The third-order valence-corrected chi connectivity index (χ3v) is 4.23. The molecule has 0 spiro atoms. The third kappa shape index (κ3) is 4.43. The Labute approximate surface area is 164 Å². The summed E-state index contributed by atoms with van der Waals surface area (Å²) >= 11 is 0. The molecule has 3 aromatic rings. The van der Waals surface area contributed by atoms with E-state index in [1.54, 1.807) is 25.0 Å². The lowest BCUT2D eigenvalue weighted by Crippen LogP contribution is -2.19. The Balaban J connectivity index is 1.79. The number of amides is 1. The number of ether oxygens (including phenoxy) is 2. The summed E-state index contributed by atoms with van der Waals surface area (Å²) in [5, 5.41) is 7.44. The standard InChI is InChI=1S/C21H24N4O3/c1-24(2)21-19(15-8-10-17(27-3)11-9-15)13-25(23-21)14-20(26)22-16-6-5-7-18(12-16)28-4/h5-13H,14H2,1-4H3,(H,22,26). The molecule has 1 amide bonds. The molecule has 28 heavy (non-hydrogen) atoms. The number of nitrogens with zero attached hydrogens (tertiary/aromatic N) is 3. The molecule has 0 aliphatic rings. The molecule has 1 N–H and O–H groups in total. The van der Waals surface area contributed by atoms with Crippen molar-refractivity contribution in [2.45, 2.75) is 6.54 Å². The third-order valence-electron chi connectivity index (χ3n) is 4.23. The van der Waals surface area contributed by atoms with Crippen molar-refractivity contribution in [2.75, 3.05) is 38.5 Å². The Morgan fingerprint density at radius 3 is 2.43 bits per heavy atom. The molecule has 2 aromatic carbocycles. The number of methoxy groups -OCH3 is 2. The highest BCUT2D eigenvalue weighted by atomic mass is 16.5. The number of benzene rings is 2. The van der Waals surface area contributed by atoms with Crippen molar-refractivity contribution in [3.05, 3.63) is 54.7 Å². The van der Waals surface area contributed by atoms with E-state index in [4.69, 9.17) is 9.47 Å². The zero-order chi connectivity index (χ0) is 20.1. The van der Waals surface area contributed by atoms with Crippen LogP contribution >= 0.6 is 0 Å². The van der Waals surface area contributed by atoms with Crippen molar-refractivity contribution in [1.82, 2.24) is 9.78 Å². The van der Waals surface area contributed by atoms with Crippen molar-refractivity contribution >= 4 is 17.4 Å². The molecule has 0 fully saturated rings. The van der Waals surface area contributed by atoms with Gasteiger partial charge in [0.25, 0.3) is 0 Å². The molecule has 0 saturated carbocycles. The van der Waals surface area contributed by atoms with Crippen LogP contribution < -0.4 is 19.7 Å². The first kappa shape index (κ1) is 19.3. The fourth-order valence-corrected chi connectivity index (χ4v) is 2.85. The van der Waals surface area contributed by atoms with Crippen LogP contribution in [0.15, 0.2) is 54.7 Å². The quantitative estimate of drug-likeness (QED) is 0.681. The Morgan fingerprint density at radius 2 is 1.79 bits per heavy atom. The van der Waals surface area contributed by atoms with Crippen LogP contribution in [0.5, 0.6) is 11.5 Å². The second-order valence-corrected chi connectivity index (χ2v) is 6.47. The average Bonchev–Trinajstić information content (AvgIpc) is 3.12. The molecular formula is C21H24N4O3. The van der Waals surface area contributed by atoms with E-state index in [2.05, 4.69) is 10.4 Å². The van der Waals surface area contributed by atoms with Gasteiger partial charge in [0, 0.05) is 37.6 Å². The number of carbonyl (C=O) groups excluding carboxylic acids is 1. The summed E-state index contributed by atoms with van der Waals surface area (Å²) in [4.78, 5) is 14.4. The molecule has 0 aliphatic carbocycles. The minimum absolute atomic E-state index is 0.105. The van der Waals surface area contributed by atoms with E-state index in [1.165, 1.54) is 0 Å². The molecule has 146 valence electrons. The molecule has 0 saturated heterocycles. The molecule has 7 heteroatoms. The number of hydrogen-bond donors (Lipinski definition) is 1. The number of carbonyl (C=O) groups is 1. The SMILES string of the molecule is COc1ccc(-c2cn(CC(=O)Nc3cccc(OC)c3)nc2N(C)C)cc1. The highest BCUT2D eigenvalue weighted by molar-refractivity contribution is 5.91. The number of aromatic nitrogens is 2. The first-order chi connectivity index (χ1) is 13.5. The van der Waals surface area contributed by atoms with E-state index in [0.717, 1.165) is 22.7 Å². The smallest absolute Gasteiger partial charge is 0.246 e. The van der Waals surface area contributed by atoms with Gasteiger partial charge in [0.2, 0.25) is 5.91 Å². The van der Waals surface area contributed by atoms with Crippen LogP contribution in [0.25, 0.3) is 11.1 Å². The van der Waals surface area contributed by atoms with E-state index >= 15 is 0 Å².